The molecular formula is C22H28ClFN4. The van der Waals surface area contributed by atoms with Gasteiger partial charge in [-0.05, 0) is 36.0 Å². The monoisotopic (exact) mass is 402 g/mol. The number of hydrogen-bond acceptors (Lipinski definition) is 4. The molecule has 5 N–H and O–H groups in total. The maximum absolute atomic E-state index is 13.7. The van der Waals surface area contributed by atoms with Gasteiger partial charge in [-0.2, -0.15) is 0 Å². The molecule has 2 fully saturated rings. The van der Waals surface area contributed by atoms with Crippen molar-refractivity contribution in [3.8, 4) is 11.1 Å². The number of nitrogens with one attached hydrogen (secondary N) is 1. The fourth-order valence-corrected chi connectivity index (χ4v) is 3.95. The van der Waals surface area contributed by atoms with E-state index >= 15 is 0 Å². The van der Waals surface area contributed by atoms with Crippen molar-refractivity contribution in [3.05, 3.63) is 47.0 Å². The Morgan fingerprint density at radius 1 is 1.11 bits per heavy atom. The molecule has 0 bridgehead atoms. The van der Waals surface area contributed by atoms with Crippen LogP contribution in [-0.2, 0) is 6.54 Å². The van der Waals surface area contributed by atoms with Crippen molar-refractivity contribution < 1.29 is 4.39 Å². The number of nitrogen functional groups attached to an aromatic ring is 1. The molecule has 1 saturated carbocycles. The van der Waals surface area contributed by atoms with Gasteiger partial charge in [0.05, 0.1) is 16.4 Å². The number of benzene rings is 2. The SMILES string of the molecule is Nc1c(NCC2CC2)ccc(-c2ccc(CN3CCC(N)(F)CC3)cc2)c1Cl. The molecule has 28 heavy (non-hydrogen) atoms. The molecule has 4 rings (SSSR count). The number of likely N-dealkylation sites (tertiary alicyclic amines) is 1. The van der Waals surface area contributed by atoms with Crippen LogP contribution in [0.4, 0.5) is 15.8 Å². The average Bonchev–Trinajstić information content (AvgIpc) is 3.50. The Hall–Kier alpha value is -1.82. The molecule has 2 aromatic rings. The van der Waals surface area contributed by atoms with Crippen LogP contribution in [0.15, 0.2) is 36.4 Å². The van der Waals surface area contributed by atoms with Crippen molar-refractivity contribution in [2.24, 2.45) is 11.7 Å². The number of rotatable bonds is 6. The highest BCUT2D eigenvalue weighted by Gasteiger charge is 2.29. The van der Waals surface area contributed by atoms with Gasteiger partial charge in [-0.1, -0.05) is 41.9 Å². The zero-order valence-corrected chi connectivity index (χ0v) is 16.8. The van der Waals surface area contributed by atoms with E-state index in [0.717, 1.165) is 35.8 Å². The first kappa shape index (κ1) is 19.5. The lowest BCUT2D eigenvalue weighted by atomic mass is 10.0. The molecule has 6 heteroatoms. The van der Waals surface area contributed by atoms with Gasteiger partial charge < -0.3 is 11.1 Å². The number of piperidine rings is 1. The summed E-state index contributed by atoms with van der Waals surface area (Å²) in [4.78, 5) is 2.24. The molecule has 0 atom stereocenters. The third-order valence-electron chi connectivity index (χ3n) is 5.82. The van der Waals surface area contributed by atoms with Gasteiger partial charge in [0.15, 0.2) is 5.79 Å². The van der Waals surface area contributed by atoms with E-state index in [0.29, 0.717) is 36.6 Å². The Morgan fingerprint density at radius 3 is 2.43 bits per heavy atom. The summed E-state index contributed by atoms with van der Waals surface area (Å²) in [6, 6.07) is 12.4. The van der Waals surface area contributed by atoms with Gasteiger partial charge in [0, 0.05) is 44.6 Å². The molecule has 0 spiro atoms. The zero-order valence-electron chi connectivity index (χ0n) is 16.1. The average molecular weight is 403 g/mol. The molecule has 0 unspecified atom stereocenters. The molecule has 0 amide bonds. The Balaban J connectivity index is 1.42. The number of nitrogens with zero attached hydrogens (tertiary/aromatic N) is 1. The highest BCUT2D eigenvalue weighted by Crippen LogP contribution is 2.38. The van der Waals surface area contributed by atoms with Gasteiger partial charge in [-0.25, -0.2) is 4.39 Å². The summed E-state index contributed by atoms with van der Waals surface area (Å²) in [5.74, 6) is -0.729. The van der Waals surface area contributed by atoms with Gasteiger partial charge in [0.1, 0.15) is 0 Å². The largest absolute Gasteiger partial charge is 0.396 e. The van der Waals surface area contributed by atoms with Crippen molar-refractivity contribution in [3.63, 3.8) is 0 Å². The number of hydrogen-bond donors (Lipinski definition) is 3. The minimum Gasteiger partial charge on any atom is -0.396 e. The summed E-state index contributed by atoms with van der Waals surface area (Å²) >= 11 is 6.57. The predicted molar refractivity (Wildman–Crippen MR) is 115 cm³/mol. The van der Waals surface area contributed by atoms with E-state index in [-0.39, 0.29) is 0 Å². The predicted octanol–water partition coefficient (Wildman–Crippen LogP) is 4.63. The van der Waals surface area contributed by atoms with E-state index in [1.807, 2.05) is 12.1 Å². The van der Waals surface area contributed by atoms with Crippen LogP contribution < -0.4 is 16.8 Å². The van der Waals surface area contributed by atoms with E-state index < -0.39 is 5.79 Å². The highest BCUT2D eigenvalue weighted by molar-refractivity contribution is 6.36. The Labute approximate surface area is 171 Å². The van der Waals surface area contributed by atoms with E-state index in [1.54, 1.807) is 0 Å². The van der Waals surface area contributed by atoms with Crippen molar-refractivity contribution in [2.75, 3.05) is 30.7 Å². The second kappa shape index (κ2) is 7.90. The maximum Gasteiger partial charge on any atom is 0.161 e. The highest BCUT2D eigenvalue weighted by atomic mass is 35.5. The first-order chi connectivity index (χ1) is 13.4. The zero-order chi connectivity index (χ0) is 19.7. The molecule has 2 aliphatic rings. The lowest BCUT2D eigenvalue weighted by Crippen LogP contribution is -2.46. The molecule has 2 aromatic carbocycles. The molecule has 0 aromatic heterocycles. The third-order valence-corrected chi connectivity index (χ3v) is 6.22. The summed E-state index contributed by atoms with van der Waals surface area (Å²) in [5.41, 5.74) is 16.5. The fraction of sp³-hybridized carbons (Fsp3) is 0.455. The molecule has 1 heterocycles. The van der Waals surface area contributed by atoms with Crippen LogP contribution in [0.5, 0.6) is 0 Å². The second-order valence-corrected chi connectivity index (χ2v) is 8.60. The summed E-state index contributed by atoms with van der Waals surface area (Å²) in [6.07, 6.45) is 3.37. The molecular weight excluding hydrogens is 375 g/mol. The van der Waals surface area contributed by atoms with Crippen LogP contribution >= 0.6 is 11.6 Å². The first-order valence-electron chi connectivity index (χ1n) is 10.0. The number of anilines is 2. The maximum atomic E-state index is 13.7. The number of halogens is 2. The van der Waals surface area contributed by atoms with Gasteiger partial charge in [-0.15, -0.1) is 0 Å². The van der Waals surface area contributed by atoms with Crippen LogP contribution in [-0.4, -0.2) is 30.3 Å². The summed E-state index contributed by atoms with van der Waals surface area (Å²) in [5, 5.41) is 3.99. The van der Waals surface area contributed by atoms with E-state index in [4.69, 9.17) is 23.1 Å². The lowest BCUT2D eigenvalue weighted by Gasteiger charge is -2.33. The smallest absolute Gasteiger partial charge is 0.161 e. The summed E-state index contributed by atoms with van der Waals surface area (Å²) in [6.45, 7) is 3.13. The normalized spacial score (nSPS) is 19.5. The summed E-state index contributed by atoms with van der Waals surface area (Å²) < 4.78 is 13.7. The van der Waals surface area contributed by atoms with Crippen molar-refractivity contribution in [1.82, 2.24) is 4.90 Å². The second-order valence-electron chi connectivity index (χ2n) is 8.22. The van der Waals surface area contributed by atoms with Crippen LogP contribution in [0.3, 0.4) is 0 Å². The Kier molecular flexibility index (Phi) is 5.50. The van der Waals surface area contributed by atoms with Gasteiger partial charge >= 0.3 is 0 Å². The van der Waals surface area contributed by atoms with Crippen LogP contribution in [0, 0.1) is 5.92 Å². The van der Waals surface area contributed by atoms with Gasteiger partial charge in [0.2, 0.25) is 0 Å². The minimum absolute atomic E-state index is 0.390. The molecule has 1 saturated heterocycles. The fourth-order valence-electron chi connectivity index (χ4n) is 3.68. The van der Waals surface area contributed by atoms with Crippen molar-refractivity contribution >= 4 is 23.0 Å². The summed E-state index contributed by atoms with van der Waals surface area (Å²) in [7, 11) is 0. The van der Waals surface area contributed by atoms with E-state index in [9.17, 15) is 4.39 Å². The van der Waals surface area contributed by atoms with E-state index in [1.165, 1.54) is 18.4 Å². The topological polar surface area (TPSA) is 67.3 Å². The van der Waals surface area contributed by atoms with Crippen LogP contribution in [0.1, 0.15) is 31.2 Å². The minimum atomic E-state index is -1.50. The van der Waals surface area contributed by atoms with Gasteiger partial charge in [-0.3, -0.25) is 10.6 Å². The van der Waals surface area contributed by atoms with Gasteiger partial charge in [0.25, 0.3) is 0 Å². The quantitative estimate of drug-likeness (QED) is 0.486. The molecule has 1 aliphatic carbocycles. The van der Waals surface area contributed by atoms with E-state index in [2.05, 4.69) is 34.5 Å². The number of nitrogens with two attached hydrogens (primary N) is 2. The molecule has 150 valence electrons. The molecule has 0 radical (unpaired) electrons. The molecule has 4 nitrogen and oxygen atoms in total. The van der Waals surface area contributed by atoms with Crippen molar-refractivity contribution in [2.45, 2.75) is 38.0 Å². The van der Waals surface area contributed by atoms with Crippen molar-refractivity contribution in [1.29, 1.82) is 0 Å². The Morgan fingerprint density at radius 2 is 1.79 bits per heavy atom. The number of alkyl halides is 1. The first-order valence-corrected chi connectivity index (χ1v) is 10.4. The van der Waals surface area contributed by atoms with Crippen LogP contribution in [0.25, 0.3) is 11.1 Å². The molecule has 1 aliphatic heterocycles. The lowest BCUT2D eigenvalue weighted by molar-refractivity contribution is 0.0604. The van der Waals surface area contributed by atoms with Crippen LogP contribution in [0.2, 0.25) is 5.02 Å². The Bertz CT molecular complexity index is 823. The third kappa shape index (κ3) is 4.59. The standard InChI is InChI=1S/C22H28ClFN4/c23-20-18(7-8-19(21(20)25)27-13-15-1-2-15)17-5-3-16(4-6-17)14-28-11-9-22(24,26)10-12-28/h3-8,15,27H,1-2,9-14,25-26H2.